The number of hydrogen-bond acceptors (Lipinski definition) is 2. The van der Waals surface area contributed by atoms with E-state index in [9.17, 15) is 9.90 Å². The largest absolute Gasteiger partial charge is 0.478 e. The molecular formula is C19H19NO2. The van der Waals surface area contributed by atoms with Crippen molar-refractivity contribution in [2.45, 2.75) is 24.7 Å². The molecule has 0 radical (unpaired) electrons. The normalized spacial score (nSPS) is 33.5. The molecule has 112 valence electrons. The zero-order chi connectivity index (χ0) is 14.8. The van der Waals surface area contributed by atoms with E-state index in [2.05, 4.69) is 29.2 Å². The summed E-state index contributed by atoms with van der Waals surface area (Å²) in [6.45, 7) is 2.24. The van der Waals surface area contributed by atoms with Crippen LogP contribution in [0.4, 0.5) is 5.69 Å². The molecule has 1 aromatic carbocycles. The number of carboxylic acid groups (broad SMARTS) is 1. The Morgan fingerprint density at radius 1 is 1.00 bits per heavy atom. The van der Waals surface area contributed by atoms with E-state index in [1.54, 1.807) is 0 Å². The van der Waals surface area contributed by atoms with Crippen molar-refractivity contribution < 1.29 is 9.90 Å². The Hall–Kier alpha value is -2.03. The first kappa shape index (κ1) is 12.5. The van der Waals surface area contributed by atoms with Gasteiger partial charge in [0.05, 0.1) is 5.56 Å². The fourth-order valence-corrected chi connectivity index (χ4v) is 5.00. The zero-order valence-electron chi connectivity index (χ0n) is 12.4. The van der Waals surface area contributed by atoms with E-state index in [4.69, 9.17) is 0 Å². The van der Waals surface area contributed by atoms with Gasteiger partial charge in [-0.2, -0.15) is 0 Å². The Balaban J connectivity index is 1.77. The summed E-state index contributed by atoms with van der Waals surface area (Å²) in [5, 5.41) is 9.52. The second-order valence-electron chi connectivity index (χ2n) is 7.11. The molecule has 0 fully saturated rings. The van der Waals surface area contributed by atoms with Crippen molar-refractivity contribution in [2.75, 3.05) is 18.0 Å². The summed E-state index contributed by atoms with van der Waals surface area (Å²) in [5.41, 5.74) is 4.29. The van der Waals surface area contributed by atoms with Gasteiger partial charge in [-0.05, 0) is 47.9 Å². The summed E-state index contributed by atoms with van der Waals surface area (Å²) in [6.07, 6.45) is 11.4. The second-order valence-corrected chi connectivity index (χ2v) is 7.11. The molecule has 0 amide bonds. The minimum Gasteiger partial charge on any atom is -0.478 e. The van der Waals surface area contributed by atoms with Gasteiger partial charge in [-0.15, -0.1) is 0 Å². The van der Waals surface area contributed by atoms with E-state index in [1.807, 2.05) is 12.1 Å². The van der Waals surface area contributed by atoms with Crippen molar-refractivity contribution in [3.63, 3.8) is 0 Å². The Labute approximate surface area is 129 Å². The van der Waals surface area contributed by atoms with E-state index in [-0.39, 0.29) is 0 Å². The molecule has 0 saturated heterocycles. The molecule has 2 aliphatic heterocycles. The number of carbonyl (C=O) groups is 1. The molecule has 0 aromatic heterocycles. The molecule has 0 saturated carbocycles. The Kier molecular flexibility index (Phi) is 2.42. The maximum absolute atomic E-state index is 11.6. The molecule has 3 nitrogen and oxygen atoms in total. The predicted octanol–water partition coefficient (Wildman–Crippen LogP) is 3.54. The lowest BCUT2D eigenvalue weighted by Crippen LogP contribution is -2.43. The fraction of sp³-hybridized carbons (Fsp3) is 0.421. The van der Waals surface area contributed by atoms with Crippen LogP contribution >= 0.6 is 0 Å². The van der Waals surface area contributed by atoms with Crippen LogP contribution in [0.3, 0.4) is 0 Å². The summed E-state index contributed by atoms with van der Waals surface area (Å²) >= 11 is 0. The van der Waals surface area contributed by atoms with E-state index in [1.165, 1.54) is 16.8 Å². The number of allylic oxidation sites excluding steroid dienone is 4. The number of anilines is 1. The van der Waals surface area contributed by atoms with Crippen molar-refractivity contribution in [1.29, 1.82) is 0 Å². The highest BCUT2D eigenvalue weighted by molar-refractivity contribution is 5.90. The molecule has 2 heterocycles. The van der Waals surface area contributed by atoms with Crippen molar-refractivity contribution >= 4 is 11.7 Å². The van der Waals surface area contributed by atoms with Gasteiger partial charge in [0.25, 0.3) is 0 Å². The van der Waals surface area contributed by atoms with Crippen LogP contribution in [0.5, 0.6) is 0 Å². The predicted molar refractivity (Wildman–Crippen MR) is 85.6 cm³/mol. The third-order valence-electron chi connectivity index (χ3n) is 5.94. The lowest BCUT2D eigenvalue weighted by molar-refractivity contribution is 0.0696. The lowest BCUT2D eigenvalue weighted by Gasteiger charge is -2.46. The van der Waals surface area contributed by atoms with E-state index < -0.39 is 5.97 Å². The van der Waals surface area contributed by atoms with Gasteiger partial charge in [0.1, 0.15) is 0 Å². The highest BCUT2D eigenvalue weighted by atomic mass is 16.4. The molecule has 4 aliphatic rings. The zero-order valence-corrected chi connectivity index (χ0v) is 12.4. The monoisotopic (exact) mass is 293 g/mol. The Morgan fingerprint density at radius 3 is 2.05 bits per heavy atom. The maximum atomic E-state index is 11.6. The molecule has 1 N–H and O–H groups in total. The Morgan fingerprint density at radius 2 is 1.55 bits per heavy atom. The van der Waals surface area contributed by atoms with Gasteiger partial charge in [0.2, 0.25) is 0 Å². The maximum Gasteiger partial charge on any atom is 0.335 e. The van der Waals surface area contributed by atoms with Crippen molar-refractivity contribution in [2.24, 2.45) is 11.8 Å². The number of benzene rings is 1. The number of aromatic carboxylic acids is 1. The topological polar surface area (TPSA) is 40.5 Å². The summed E-state index contributed by atoms with van der Waals surface area (Å²) in [7, 11) is 0. The summed E-state index contributed by atoms with van der Waals surface area (Å²) in [5.74, 6) is 1.25. The van der Waals surface area contributed by atoms with Crippen molar-refractivity contribution in [3.05, 3.63) is 53.1 Å². The van der Waals surface area contributed by atoms with Crippen molar-refractivity contribution in [1.82, 2.24) is 0 Å². The molecule has 22 heavy (non-hydrogen) atoms. The molecule has 0 bridgehead atoms. The average Bonchev–Trinajstić information content (AvgIpc) is 3.15. The molecule has 1 aromatic rings. The quantitative estimate of drug-likeness (QED) is 0.805. The van der Waals surface area contributed by atoms with Crippen LogP contribution < -0.4 is 4.90 Å². The molecule has 2 unspecified atom stereocenters. The van der Waals surface area contributed by atoms with E-state index >= 15 is 0 Å². The van der Waals surface area contributed by atoms with Gasteiger partial charge in [-0.3, -0.25) is 0 Å². The van der Waals surface area contributed by atoms with Crippen LogP contribution in [0.2, 0.25) is 0 Å². The van der Waals surface area contributed by atoms with Crippen LogP contribution in [0, 0.1) is 11.8 Å². The van der Waals surface area contributed by atoms with E-state index in [0.717, 1.165) is 25.9 Å². The number of hydrogen-bond donors (Lipinski definition) is 1. The molecule has 2 aliphatic carbocycles. The van der Waals surface area contributed by atoms with Crippen LogP contribution in [0.1, 0.15) is 46.2 Å². The summed E-state index contributed by atoms with van der Waals surface area (Å²) < 4.78 is 0. The minimum atomic E-state index is -0.807. The van der Waals surface area contributed by atoms with E-state index in [0.29, 0.717) is 29.2 Å². The first-order chi connectivity index (χ1) is 10.7. The fourth-order valence-electron chi connectivity index (χ4n) is 5.00. The highest BCUT2D eigenvalue weighted by Crippen LogP contribution is 2.53. The van der Waals surface area contributed by atoms with Gasteiger partial charge in [-0.25, -0.2) is 4.79 Å². The molecular weight excluding hydrogens is 274 g/mol. The molecule has 3 heteroatoms. The third-order valence-corrected chi connectivity index (χ3v) is 5.94. The first-order valence-electron chi connectivity index (χ1n) is 8.22. The number of nitrogens with zero attached hydrogens (tertiary/aromatic N) is 1. The molecule has 4 atom stereocenters. The third kappa shape index (κ3) is 1.54. The first-order valence-corrected chi connectivity index (χ1v) is 8.22. The van der Waals surface area contributed by atoms with Gasteiger partial charge in [0, 0.05) is 30.6 Å². The van der Waals surface area contributed by atoms with Gasteiger partial charge in [0.15, 0.2) is 0 Å². The molecule has 5 rings (SSSR count). The molecule has 0 spiro atoms. The number of fused-ring (bicyclic) bond motifs is 4. The SMILES string of the molecule is O=C(O)c1cc2c3c(c1)[C@H]1C=CC[C@H]1CN3CC1CC=CC21. The minimum absolute atomic E-state index is 0.409. The lowest BCUT2D eigenvalue weighted by atomic mass is 9.74. The Bertz CT molecular complexity index is 682. The summed E-state index contributed by atoms with van der Waals surface area (Å²) in [4.78, 5) is 14.1. The van der Waals surface area contributed by atoms with Gasteiger partial charge in [-0.1, -0.05) is 24.3 Å². The summed E-state index contributed by atoms with van der Waals surface area (Å²) in [6, 6.07) is 3.86. The van der Waals surface area contributed by atoms with Crippen LogP contribution in [-0.4, -0.2) is 24.2 Å². The van der Waals surface area contributed by atoms with Crippen molar-refractivity contribution in [3.8, 4) is 0 Å². The van der Waals surface area contributed by atoms with Gasteiger partial charge < -0.3 is 10.0 Å². The van der Waals surface area contributed by atoms with Gasteiger partial charge >= 0.3 is 5.97 Å². The average molecular weight is 293 g/mol. The highest BCUT2D eigenvalue weighted by Gasteiger charge is 2.42. The van der Waals surface area contributed by atoms with Crippen LogP contribution in [0.25, 0.3) is 0 Å². The smallest absolute Gasteiger partial charge is 0.335 e. The standard InChI is InChI=1S/C19H19NO2/c21-19(22)13-7-16-14-5-1-3-11(14)9-20-10-12-4-2-6-15(12)17(8-13)18(16)20/h1-2,5-8,11-12,14-15H,3-4,9-10H2,(H,21,22)/t11-,12?,14-,15?/m0/s1. The number of carboxylic acids is 1. The van der Waals surface area contributed by atoms with Crippen LogP contribution in [0.15, 0.2) is 36.4 Å². The van der Waals surface area contributed by atoms with Crippen LogP contribution in [-0.2, 0) is 0 Å². The number of rotatable bonds is 1. The second kappa shape index (κ2) is 4.25.